The van der Waals surface area contributed by atoms with Gasteiger partial charge in [-0.15, -0.1) is 0 Å². The third kappa shape index (κ3) is 7.78. The van der Waals surface area contributed by atoms with Gasteiger partial charge < -0.3 is 9.47 Å². The molecule has 0 spiro atoms. The molecule has 1 fully saturated rings. The first-order valence-electron chi connectivity index (χ1n) is 14.4. The van der Waals surface area contributed by atoms with Gasteiger partial charge in [0.1, 0.15) is 23.9 Å². The zero-order valence-corrected chi connectivity index (χ0v) is 23.5. The molecule has 0 unspecified atom stereocenters. The van der Waals surface area contributed by atoms with E-state index in [1.54, 1.807) is 6.20 Å². The van der Waals surface area contributed by atoms with Crippen LogP contribution in [0.5, 0.6) is 11.5 Å². The highest BCUT2D eigenvalue weighted by Gasteiger charge is 2.20. The Bertz CT molecular complexity index is 1380. The second-order valence-electron chi connectivity index (χ2n) is 11.0. The Labute approximate surface area is 237 Å². The zero-order chi connectivity index (χ0) is 27.7. The van der Waals surface area contributed by atoms with Crippen LogP contribution in [0.3, 0.4) is 0 Å². The number of nitrogens with zero attached hydrogens (tertiary/aromatic N) is 2. The van der Waals surface area contributed by atoms with Crippen LogP contribution in [-0.4, -0.2) is 21.9 Å². The number of ketones is 1. The van der Waals surface area contributed by atoms with Crippen LogP contribution in [-0.2, 0) is 30.7 Å². The van der Waals surface area contributed by atoms with Crippen LogP contribution in [0, 0.1) is 5.92 Å². The number of Topliss-reactive ketones (excluding diaryl/α,β-unsaturated/α-hetero) is 1. The first-order valence-corrected chi connectivity index (χ1v) is 14.4. The molecule has 0 amide bonds. The highest BCUT2D eigenvalue weighted by molar-refractivity contribution is 5.83. The van der Waals surface area contributed by atoms with Crippen LogP contribution < -0.4 is 9.47 Å². The first kappa shape index (κ1) is 27.6. The lowest BCUT2D eigenvalue weighted by atomic mass is 9.97. The lowest BCUT2D eigenvalue weighted by Crippen LogP contribution is -2.14. The van der Waals surface area contributed by atoms with Crippen LogP contribution >= 0.6 is 0 Å². The molecule has 0 bridgehead atoms. The van der Waals surface area contributed by atoms with Crippen molar-refractivity contribution >= 4 is 5.78 Å². The summed E-state index contributed by atoms with van der Waals surface area (Å²) in [5.74, 6) is 2.40. The lowest BCUT2D eigenvalue weighted by Gasteiger charge is -2.14. The normalized spacial score (nSPS) is 13.5. The monoisotopic (exact) mass is 534 g/mol. The van der Waals surface area contributed by atoms with E-state index in [2.05, 4.69) is 12.1 Å². The molecule has 0 saturated heterocycles. The molecule has 0 N–H and O–H groups in total. The van der Waals surface area contributed by atoms with Gasteiger partial charge in [0.15, 0.2) is 0 Å². The third-order valence-electron chi connectivity index (χ3n) is 7.35. The third-order valence-corrected chi connectivity index (χ3v) is 7.35. The van der Waals surface area contributed by atoms with Crippen molar-refractivity contribution in [3.63, 3.8) is 0 Å². The Morgan fingerprint density at radius 1 is 0.825 bits per heavy atom. The first-order chi connectivity index (χ1) is 19.5. The Morgan fingerprint density at radius 3 is 2.23 bits per heavy atom. The van der Waals surface area contributed by atoms with Crippen LogP contribution in [0.1, 0.15) is 62.0 Å². The molecule has 40 heavy (non-hydrogen) atoms. The fourth-order valence-electron chi connectivity index (χ4n) is 5.29. The zero-order valence-electron chi connectivity index (χ0n) is 23.5. The van der Waals surface area contributed by atoms with Gasteiger partial charge in [-0.05, 0) is 73.7 Å². The number of aromatic nitrogens is 2. The van der Waals surface area contributed by atoms with Gasteiger partial charge in [-0.25, -0.2) is 4.98 Å². The van der Waals surface area contributed by atoms with E-state index in [1.165, 1.54) is 25.7 Å². The Kier molecular flexibility index (Phi) is 9.22. The fourth-order valence-corrected chi connectivity index (χ4v) is 5.29. The van der Waals surface area contributed by atoms with Gasteiger partial charge in [-0.3, -0.25) is 9.78 Å². The second-order valence-corrected chi connectivity index (χ2v) is 11.0. The molecule has 4 aromatic rings. The van der Waals surface area contributed by atoms with Crippen molar-refractivity contribution < 1.29 is 14.3 Å². The molecule has 5 rings (SSSR count). The number of carbonyl (C=O) groups excluding carboxylic acids is 1. The summed E-state index contributed by atoms with van der Waals surface area (Å²) in [6, 6.07) is 26.0. The number of hydrogen-bond donors (Lipinski definition) is 0. The van der Waals surface area contributed by atoms with E-state index >= 15 is 0 Å². The maximum Gasteiger partial charge on any atom is 0.143 e. The summed E-state index contributed by atoms with van der Waals surface area (Å²) in [6.07, 6.45) is 8.46. The quantitative estimate of drug-likeness (QED) is 0.187. The number of rotatable bonds is 12. The second kappa shape index (κ2) is 13.4. The smallest absolute Gasteiger partial charge is 0.143 e. The van der Waals surface area contributed by atoms with E-state index < -0.39 is 0 Å². The molecule has 1 aliphatic rings. The largest absolute Gasteiger partial charge is 0.491 e. The average molecular weight is 535 g/mol. The Morgan fingerprint density at radius 2 is 1.52 bits per heavy atom. The maximum absolute atomic E-state index is 13.1. The van der Waals surface area contributed by atoms with Crippen LogP contribution in [0.25, 0.3) is 11.3 Å². The molecule has 0 aliphatic heterocycles. The lowest BCUT2D eigenvalue weighted by molar-refractivity contribution is -0.117. The summed E-state index contributed by atoms with van der Waals surface area (Å²) in [5, 5.41) is 0. The summed E-state index contributed by atoms with van der Waals surface area (Å²) in [7, 11) is 0. The number of benzene rings is 3. The van der Waals surface area contributed by atoms with Gasteiger partial charge in [0.2, 0.25) is 0 Å². The van der Waals surface area contributed by atoms with Crippen molar-refractivity contribution in [2.45, 2.75) is 71.5 Å². The summed E-state index contributed by atoms with van der Waals surface area (Å²) in [5.41, 5.74) is 5.72. The molecule has 3 aromatic carbocycles. The highest BCUT2D eigenvalue weighted by Crippen LogP contribution is 2.30. The van der Waals surface area contributed by atoms with Gasteiger partial charge in [-0.1, -0.05) is 68.1 Å². The van der Waals surface area contributed by atoms with E-state index in [-0.39, 0.29) is 11.9 Å². The number of hydrogen-bond acceptors (Lipinski definition) is 5. The van der Waals surface area contributed by atoms with E-state index in [0.717, 1.165) is 51.7 Å². The molecule has 206 valence electrons. The summed E-state index contributed by atoms with van der Waals surface area (Å²) >= 11 is 0. The summed E-state index contributed by atoms with van der Waals surface area (Å²) < 4.78 is 11.7. The van der Waals surface area contributed by atoms with Crippen molar-refractivity contribution in [2.75, 3.05) is 0 Å². The van der Waals surface area contributed by atoms with Crippen LogP contribution in [0.15, 0.2) is 85.1 Å². The highest BCUT2D eigenvalue weighted by atomic mass is 16.5. The van der Waals surface area contributed by atoms with E-state index in [9.17, 15) is 4.79 Å². The van der Waals surface area contributed by atoms with Crippen molar-refractivity contribution in [1.29, 1.82) is 0 Å². The van der Waals surface area contributed by atoms with E-state index in [4.69, 9.17) is 19.4 Å². The molecular formula is C35H38N2O3. The van der Waals surface area contributed by atoms with Crippen molar-refractivity contribution in [2.24, 2.45) is 5.92 Å². The topological polar surface area (TPSA) is 61.3 Å². The minimum absolute atomic E-state index is 0.123. The van der Waals surface area contributed by atoms with Crippen molar-refractivity contribution in [1.82, 2.24) is 9.97 Å². The molecule has 1 heterocycles. The minimum atomic E-state index is 0.123. The molecule has 1 aromatic heterocycles. The molecule has 0 radical (unpaired) electrons. The average Bonchev–Trinajstić information content (AvgIpc) is 3.48. The van der Waals surface area contributed by atoms with Crippen molar-refractivity contribution in [3.8, 4) is 22.8 Å². The SMILES string of the molecule is CC(C)Oc1ccc(CC(=O)Cc2ncc(-c3ccc(OCc4ccccc4)cc3)nc2CC2CCCC2)cc1. The Hall–Kier alpha value is -3.99. The summed E-state index contributed by atoms with van der Waals surface area (Å²) in [4.78, 5) is 22.9. The van der Waals surface area contributed by atoms with Gasteiger partial charge >= 0.3 is 0 Å². The standard InChI is InChI=1S/C35H38N2O3/c1-25(2)40-32-16-12-27(13-17-32)20-30(38)22-33-34(21-26-8-6-7-9-26)37-35(23-36-33)29-14-18-31(19-15-29)39-24-28-10-4-3-5-11-28/h3-5,10-19,23,25-26H,6-9,20-22,24H2,1-2H3. The summed E-state index contributed by atoms with van der Waals surface area (Å²) in [6.45, 7) is 4.54. The predicted molar refractivity (Wildman–Crippen MR) is 159 cm³/mol. The van der Waals surface area contributed by atoms with Gasteiger partial charge in [-0.2, -0.15) is 0 Å². The molecule has 1 aliphatic carbocycles. The van der Waals surface area contributed by atoms with E-state index in [1.807, 2.05) is 80.6 Å². The van der Waals surface area contributed by atoms with E-state index in [0.29, 0.717) is 25.4 Å². The Balaban J connectivity index is 1.27. The molecular weight excluding hydrogens is 496 g/mol. The predicted octanol–water partition coefficient (Wildman–Crippen LogP) is 7.60. The minimum Gasteiger partial charge on any atom is -0.491 e. The molecule has 5 heteroatoms. The van der Waals surface area contributed by atoms with Gasteiger partial charge in [0.25, 0.3) is 0 Å². The van der Waals surface area contributed by atoms with Gasteiger partial charge in [0, 0.05) is 12.0 Å². The van der Waals surface area contributed by atoms with Crippen LogP contribution in [0.4, 0.5) is 0 Å². The number of carbonyl (C=O) groups is 1. The molecule has 5 nitrogen and oxygen atoms in total. The van der Waals surface area contributed by atoms with Crippen molar-refractivity contribution in [3.05, 3.63) is 108 Å². The molecule has 1 saturated carbocycles. The fraction of sp³-hybridized carbons (Fsp3) is 0.343. The maximum atomic E-state index is 13.1. The molecule has 0 atom stereocenters. The van der Waals surface area contributed by atoms with Crippen LogP contribution in [0.2, 0.25) is 0 Å². The van der Waals surface area contributed by atoms with Gasteiger partial charge in [0.05, 0.1) is 35.8 Å². The number of ether oxygens (including phenoxy) is 2.